The van der Waals surface area contributed by atoms with Crippen LogP contribution in [0.1, 0.15) is 78.4 Å². The maximum absolute atomic E-state index is 12.1. The number of nitrogens with zero attached hydrogens (tertiary/aromatic N) is 1. The van der Waals surface area contributed by atoms with Crippen LogP contribution in [0.5, 0.6) is 11.5 Å². The van der Waals surface area contributed by atoms with Crippen molar-refractivity contribution < 1.29 is 51.5 Å². The number of hydrogen-bond acceptors (Lipinski definition) is 10. The van der Waals surface area contributed by atoms with Crippen molar-refractivity contribution in [2.24, 2.45) is 0 Å². The average Bonchev–Trinajstić information content (AvgIpc) is 3.77. The van der Waals surface area contributed by atoms with E-state index in [1.165, 1.54) is 22.5 Å². The fourth-order valence-corrected chi connectivity index (χ4v) is 8.31. The number of carbonyl (C=O) groups excluding carboxylic acids is 1. The minimum absolute atomic E-state index is 0.167. The Bertz CT molecular complexity index is 1820. The van der Waals surface area contributed by atoms with Gasteiger partial charge in [-0.2, -0.15) is 4.31 Å². The summed E-state index contributed by atoms with van der Waals surface area (Å²) in [6.45, 7) is 15.9. The number of rotatable bonds is 23. The molecule has 1 heterocycles. The van der Waals surface area contributed by atoms with E-state index in [0.717, 1.165) is 47.9 Å². The van der Waals surface area contributed by atoms with E-state index in [-0.39, 0.29) is 22.5 Å². The van der Waals surface area contributed by atoms with Crippen LogP contribution in [0, 0.1) is 0 Å². The Labute approximate surface area is 367 Å². The van der Waals surface area contributed by atoms with E-state index in [9.17, 15) is 23.1 Å². The SMILES string of the molecule is CC.COCCC(C)(C)OCCC(C)(C)OCCOCc1cc(OC)c(-c2ccc(CC(NC=O)C(=O)O)cc2)c(OC)c1.O=S(=O)(c1cc(Cl)cc(Cl)c1)N1CCCC1. The number of amides is 1. The lowest BCUT2D eigenvalue weighted by atomic mass is 9.98. The van der Waals surface area contributed by atoms with E-state index in [1.807, 2.05) is 64.1 Å². The third-order valence-corrected chi connectivity index (χ3v) is 11.8. The quantitative estimate of drug-likeness (QED) is 0.0695. The summed E-state index contributed by atoms with van der Waals surface area (Å²) in [6.07, 6.45) is 3.97. The van der Waals surface area contributed by atoms with E-state index in [4.69, 9.17) is 51.6 Å². The van der Waals surface area contributed by atoms with Crippen molar-refractivity contribution >= 4 is 45.6 Å². The number of benzene rings is 3. The van der Waals surface area contributed by atoms with E-state index < -0.39 is 22.0 Å². The molecule has 1 saturated heterocycles. The molecular formula is C44H64Cl2N2O11S. The molecule has 0 aromatic heterocycles. The van der Waals surface area contributed by atoms with Crippen molar-refractivity contribution in [1.29, 1.82) is 0 Å². The van der Waals surface area contributed by atoms with Crippen LogP contribution in [-0.2, 0) is 51.6 Å². The van der Waals surface area contributed by atoms with Gasteiger partial charge in [-0.15, -0.1) is 0 Å². The average molecular weight is 900 g/mol. The number of ether oxygens (including phenoxy) is 6. The maximum atomic E-state index is 12.1. The lowest BCUT2D eigenvalue weighted by Crippen LogP contribution is -2.37. The Morgan fingerprint density at radius 3 is 1.85 bits per heavy atom. The summed E-state index contributed by atoms with van der Waals surface area (Å²) in [5.74, 6) is 0.154. The first-order chi connectivity index (χ1) is 28.4. The van der Waals surface area contributed by atoms with E-state index >= 15 is 0 Å². The Hall–Kier alpha value is -3.47. The molecule has 3 aromatic carbocycles. The van der Waals surface area contributed by atoms with Gasteiger partial charge in [-0.05, 0) is 100 Å². The van der Waals surface area contributed by atoms with Gasteiger partial charge in [0.2, 0.25) is 16.4 Å². The predicted molar refractivity (Wildman–Crippen MR) is 236 cm³/mol. The fourth-order valence-electron chi connectivity index (χ4n) is 6.06. The van der Waals surface area contributed by atoms with Gasteiger partial charge in [0, 0.05) is 43.3 Å². The van der Waals surface area contributed by atoms with Crippen LogP contribution in [-0.4, -0.2) is 108 Å². The van der Waals surface area contributed by atoms with Gasteiger partial charge in [0.1, 0.15) is 17.5 Å². The first kappa shape index (κ1) is 52.7. The molecule has 0 radical (unpaired) electrons. The minimum atomic E-state index is -3.42. The molecule has 60 heavy (non-hydrogen) atoms. The monoisotopic (exact) mass is 898 g/mol. The second-order valence-electron chi connectivity index (χ2n) is 14.9. The number of aliphatic carboxylic acids is 1. The standard InChI is InChI=1S/C32H47NO9.C10H11Cl2NO2S.C2H6/c1-31(2,12-14-37-5)41-15-13-32(3,4)42-17-16-40-21-24-19-27(38-6)29(28(20-24)39-7)25-10-8-23(9-11-25)18-26(30(35)36)33-22-34;11-8-5-9(12)7-10(6-8)16(14,15)13-3-1-2-4-13;1-2/h8-11,19-20,22,26H,12-18,21H2,1-7H3,(H,33,34)(H,35,36);5-7H,1-4H2;1-2H3. The van der Waals surface area contributed by atoms with Crippen LogP contribution >= 0.6 is 23.2 Å². The fraction of sp³-hybridized carbons (Fsp3) is 0.545. The highest BCUT2D eigenvalue weighted by Gasteiger charge is 2.28. The summed E-state index contributed by atoms with van der Waals surface area (Å²) in [5.41, 5.74) is 2.69. The molecule has 1 amide bonds. The second-order valence-corrected chi connectivity index (χ2v) is 17.7. The molecule has 13 nitrogen and oxygen atoms in total. The number of carboxylic acid groups (broad SMARTS) is 1. The number of hydrogen-bond donors (Lipinski definition) is 2. The summed E-state index contributed by atoms with van der Waals surface area (Å²) >= 11 is 11.6. The zero-order valence-corrected chi connectivity index (χ0v) is 38.8. The molecule has 0 bridgehead atoms. The van der Waals surface area contributed by atoms with Gasteiger partial charge in [0.25, 0.3) is 0 Å². The highest BCUT2D eigenvalue weighted by atomic mass is 35.5. The van der Waals surface area contributed by atoms with Crippen molar-refractivity contribution in [3.8, 4) is 22.6 Å². The molecule has 4 rings (SSSR count). The maximum Gasteiger partial charge on any atom is 0.326 e. The van der Waals surface area contributed by atoms with Gasteiger partial charge in [-0.1, -0.05) is 61.3 Å². The summed E-state index contributed by atoms with van der Waals surface area (Å²) in [5, 5.41) is 12.3. The number of halogens is 2. The van der Waals surface area contributed by atoms with Gasteiger partial charge in [-0.3, -0.25) is 4.79 Å². The van der Waals surface area contributed by atoms with E-state index in [1.54, 1.807) is 21.3 Å². The summed E-state index contributed by atoms with van der Waals surface area (Å²) < 4.78 is 60.3. The summed E-state index contributed by atoms with van der Waals surface area (Å²) in [4.78, 5) is 22.2. The number of carboxylic acids is 1. The first-order valence-corrected chi connectivity index (χ1v) is 22.2. The molecule has 1 fully saturated rings. The molecule has 1 unspecified atom stereocenters. The molecule has 0 saturated carbocycles. The van der Waals surface area contributed by atoms with Crippen molar-refractivity contribution in [1.82, 2.24) is 9.62 Å². The van der Waals surface area contributed by atoms with E-state index in [0.29, 0.717) is 74.1 Å². The van der Waals surface area contributed by atoms with Crippen LogP contribution < -0.4 is 14.8 Å². The van der Waals surface area contributed by atoms with Crippen molar-refractivity contribution in [3.63, 3.8) is 0 Å². The smallest absolute Gasteiger partial charge is 0.326 e. The number of carbonyl (C=O) groups is 2. The lowest BCUT2D eigenvalue weighted by Gasteiger charge is -2.29. The molecule has 1 aliphatic heterocycles. The first-order valence-electron chi connectivity index (χ1n) is 20.0. The number of nitrogens with one attached hydrogen (secondary N) is 1. The van der Waals surface area contributed by atoms with Crippen LogP contribution in [0.4, 0.5) is 0 Å². The van der Waals surface area contributed by atoms with Gasteiger partial charge in [0.15, 0.2) is 0 Å². The van der Waals surface area contributed by atoms with Crippen molar-refractivity contribution in [3.05, 3.63) is 75.8 Å². The van der Waals surface area contributed by atoms with E-state index in [2.05, 4.69) is 19.2 Å². The molecule has 2 N–H and O–H groups in total. The molecule has 3 aromatic rings. The Balaban J connectivity index is 0.000000568. The molecule has 0 spiro atoms. The molecule has 336 valence electrons. The Kier molecular flexibility index (Phi) is 22.9. The van der Waals surface area contributed by atoms with Crippen molar-refractivity contribution in [2.75, 3.05) is 60.8 Å². The van der Waals surface area contributed by atoms with Gasteiger partial charge >= 0.3 is 5.97 Å². The van der Waals surface area contributed by atoms with Crippen LogP contribution in [0.15, 0.2) is 59.5 Å². The zero-order chi connectivity index (χ0) is 44.9. The normalized spacial score (nSPS) is 13.7. The number of sulfonamides is 1. The van der Waals surface area contributed by atoms with Crippen molar-refractivity contribution in [2.45, 2.75) is 102 Å². The number of methoxy groups -OCH3 is 3. The second kappa shape index (κ2) is 26.1. The topological polar surface area (TPSA) is 159 Å². The highest BCUT2D eigenvalue weighted by molar-refractivity contribution is 7.89. The highest BCUT2D eigenvalue weighted by Crippen LogP contribution is 2.40. The van der Waals surface area contributed by atoms with Gasteiger partial charge < -0.3 is 38.8 Å². The molecule has 1 atom stereocenters. The summed E-state index contributed by atoms with van der Waals surface area (Å²) in [7, 11) is 1.46. The Morgan fingerprint density at radius 2 is 1.35 bits per heavy atom. The lowest BCUT2D eigenvalue weighted by molar-refractivity contribution is -0.140. The zero-order valence-electron chi connectivity index (χ0n) is 36.5. The molecule has 1 aliphatic rings. The van der Waals surface area contributed by atoms with Gasteiger partial charge in [-0.25, -0.2) is 13.2 Å². The van der Waals surface area contributed by atoms with Crippen LogP contribution in [0.25, 0.3) is 11.1 Å². The van der Waals surface area contributed by atoms with Crippen LogP contribution in [0.3, 0.4) is 0 Å². The third kappa shape index (κ3) is 17.5. The third-order valence-electron chi connectivity index (χ3n) is 9.45. The Morgan fingerprint density at radius 1 is 0.817 bits per heavy atom. The van der Waals surface area contributed by atoms with Crippen LogP contribution in [0.2, 0.25) is 10.0 Å². The summed E-state index contributed by atoms with van der Waals surface area (Å²) in [6, 6.07) is 14.6. The largest absolute Gasteiger partial charge is 0.496 e. The predicted octanol–water partition coefficient (Wildman–Crippen LogP) is 8.45. The molecular weight excluding hydrogens is 835 g/mol. The molecule has 16 heteroatoms. The minimum Gasteiger partial charge on any atom is -0.496 e. The van der Waals surface area contributed by atoms with Gasteiger partial charge in [0.05, 0.1) is 62.3 Å². The molecule has 0 aliphatic carbocycles.